The molecule has 5 heteroatoms. The molecule has 1 aromatic heterocycles. The number of nitrogens with zero attached hydrogens (tertiary/aromatic N) is 2. The number of aliphatic hydroxyl groups is 1. The van der Waals surface area contributed by atoms with Crippen molar-refractivity contribution in [2.24, 2.45) is 7.05 Å². The SMILES string of the molecule is CCc1nn(C)cc1C(=O)N[C@H](CC)CO. The van der Waals surface area contributed by atoms with E-state index in [9.17, 15) is 4.79 Å². The van der Waals surface area contributed by atoms with E-state index in [0.717, 1.165) is 12.1 Å². The Morgan fingerprint density at radius 2 is 2.31 bits per heavy atom. The van der Waals surface area contributed by atoms with Gasteiger partial charge in [-0.1, -0.05) is 13.8 Å². The predicted octanol–water partition coefficient (Wildman–Crippen LogP) is 0.483. The molecule has 1 atom stereocenters. The van der Waals surface area contributed by atoms with Crippen LogP contribution in [0.15, 0.2) is 6.20 Å². The highest BCUT2D eigenvalue weighted by molar-refractivity contribution is 5.95. The number of rotatable bonds is 5. The Labute approximate surface area is 95.5 Å². The molecule has 1 rings (SSSR count). The van der Waals surface area contributed by atoms with E-state index in [4.69, 9.17) is 5.11 Å². The summed E-state index contributed by atoms with van der Waals surface area (Å²) in [6.45, 7) is 3.84. The van der Waals surface area contributed by atoms with E-state index in [1.54, 1.807) is 17.9 Å². The lowest BCUT2D eigenvalue weighted by Gasteiger charge is -2.13. The molecule has 0 spiro atoms. The Kier molecular flexibility index (Phi) is 4.49. The summed E-state index contributed by atoms with van der Waals surface area (Å²) in [5.41, 5.74) is 1.38. The molecule has 0 aliphatic rings. The number of hydrogen-bond donors (Lipinski definition) is 2. The van der Waals surface area contributed by atoms with Gasteiger partial charge in [0.05, 0.1) is 23.9 Å². The highest BCUT2D eigenvalue weighted by Crippen LogP contribution is 2.07. The lowest BCUT2D eigenvalue weighted by Crippen LogP contribution is -2.37. The third kappa shape index (κ3) is 2.82. The standard InChI is InChI=1S/C11H19N3O2/c1-4-8(7-15)12-11(16)9-6-14(3)13-10(9)5-2/h6,8,15H,4-5,7H2,1-3H3,(H,12,16)/t8-/m1/s1. The van der Waals surface area contributed by atoms with Gasteiger partial charge in [-0.2, -0.15) is 5.10 Å². The third-order valence-electron chi connectivity index (χ3n) is 2.53. The maximum atomic E-state index is 11.9. The zero-order valence-corrected chi connectivity index (χ0v) is 10.0. The first kappa shape index (κ1) is 12.7. The van der Waals surface area contributed by atoms with Crippen molar-refractivity contribution >= 4 is 5.91 Å². The summed E-state index contributed by atoms with van der Waals surface area (Å²) in [4.78, 5) is 11.9. The fraction of sp³-hybridized carbons (Fsp3) is 0.636. The minimum atomic E-state index is -0.183. The Balaban J connectivity index is 2.79. The number of aromatic nitrogens is 2. The first-order valence-corrected chi connectivity index (χ1v) is 5.56. The highest BCUT2D eigenvalue weighted by atomic mass is 16.3. The van der Waals surface area contributed by atoms with Crippen molar-refractivity contribution in [3.05, 3.63) is 17.5 Å². The lowest BCUT2D eigenvalue weighted by molar-refractivity contribution is 0.0914. The van der Waals surface area contributed by atoms with Gasteiger partial charge in [0.2, 0.25) is 0 Å². The van der Waals surface area contributed by atoms with Crippen LogP contribution in [0.25, 0.3) is 0 Å². The van der Waals surface area contributed by atoms with Crippen molar-refractivity contribution in [1.82, 2.24) is 15.1 Å². The van der Waals surface area contributed by atoms with Crippen LogP contribution in [-0.4, -0.2) is 33.4 Å². The summed E-state index contributed by atoms with van der Waals surface area (Å²) in [5, 5.41) is 16.0. The molecule has 0 aliphatic heterocycles. The smallest absolute Gasteiger partial charge is 0.255 e. The van der Waals surface area contributed by atoms with Crippen LogP contribution in [0.2, 0.25) is 0 Å². The first-order valence-electron chi connectivity index (χ1n) is 5.56. The van der Waals surface area contributed by atoms with Gasteiger partial charge in [-0.05, 0) is 12.8 Å². The molecule has 1 heterocycles. The summed E-state index contributed by atoms with van der Waals surface area (Å²) < 4.78 is 1.63. The molecule has 0 aromatic carbocycles. The number of nitrogens with one attached hydrogen (secondary N) is 1. The zero-order chi connectivity index (χ0) is 12.1. The van der Waals surface area contributed by atoms with E-state index in [-0.39, 0.29) is 18.6 Å². The second-order valence-electron chi connectivity index (χ2n) is 3.78. The van der Waals surface area contributed by atoms with Gasteiger partial charge in [0.1, 0.15) is 0 Å². The molecule has 5 nitrogen and oxygen atoms in total. The topological polar surface area (TPSA) is 67.2 Å². The van der Waals surface area contributed by atoms with E-state index < -0.39 is 0 Å². The van der Waals surface area contributed by atoms with Crippen LogP contribution < -0.4 is 5.32 Å². The molecule has 0 radical (unpaired) electrons. The normalized spacial score (nSPS) is 12.5. The summed E-state index contributed by atoms with van der Waals surface area (Å²) in [6, 6.07) is -0.183. The third-order valence-corrected chi connectivity index (χ3v) is 2.53. The van der Waals surface area contributed by atoms with Crippen LogP contribution in [0.5, 0.6) is 0 Å². The molecule has 2 N–H and O–H groups in total. The molecular formula is C11H19N3O2. The molecule has 0 fully saturated rings. The Morgan fingerprint density at radius 1 is 1.62 bits per heavy atom. The Bertz CT molecular complexity index is 356. The zero-order valence-electron chi connectivity index (χ0n) is 10.0. The minimum Gasteiger partial charge on any atom is -0.394 e. The van der Waals surface area contributed by atoms with E-state index in [0.29, 0.717) is 12.0 Å². The summed E-state index contributed by atoms with van der Waals surface area (Å²) in [7, 11) is 1.79. The monoisotopic (exact) mass is 225 g/mol. The van der Waals surface area contributed by atoms with E-state index >= 15 is 0 Å². The van der Waals surface area contributed by atoms with Crippen molar-refractivity contribution in [2.75, 3.05) is 6.61 Å². The first-order chi connectivity index (χ1) is 7.62. The minimum absolute atomic E-state index is 0.0377. The molecule has 1 amide bonds. The van der Waals surface area contributed by atoms with Crippen molar-refractivity contribution in [1.29, 1.82) is 0 Å². The Hall–Kier alpha value is -1.36. The summed E-state index contributed by atoms with van der Waals surface area (Å²) in [6.07, 6.45) is 3.14. The molecule has 0 bridgehead atoms. The van der Waals surface area contributed by atoms with E-state index in [1.807, 2.05) is 13.8 Å². The maximum Gasteiger partial charge on any atom is 0.255 e. The number of amides is 1. The van der Waals surface area contributed by atoms with Crippen LogP contribution in [-0.2, 0) is 13.5 Å². The van der Waals surface area contributed by atoms with Crippen molar-refractivity contribution in [2.45, 2.75) is 32.7 Å². The van der Waals surface area contributed by atoms with Gasteiger partial charge in [-0.3, -0.25) is 9.48 Å². The lowest BCUT2D eigenvalue weighted by atomic mass is 10.1. The second kappa shape index (κ2) is 5.65. The molecule has 0 aliphatic carbocycles. The van der Waals surface area contributed by atoms with Crippen LogP contribution >= 0.6 is 0 Å². The fourth-order valence-corrected chi connectivity index (χ4v) is 1.53. The van der Waals surface area contributed by atoms with Gasteiger partial charge in [0.25, 0.3) is 5.91 Å². The molecule has 90 valence electrons. The van der Waals surface area contributed by atoms with E-state index in [1.165, 1.54) is 0 Å². The predicted molar refractivity (Wildman–Crippen MR) is 61.2 cm³/mol. The average molecular weight is 225 g/mol. The molecule has 16 heavy (non-hydrogen) atoms. The van der Waals surface area contributed by atoms with Gasteiger partial charge >= 0.3 is 0 Å². The van der Waals surface area contributed by atoms with Crippen LogP contribution in [0.1, 0.15) is 36.3 Å². The quantitative estimate of drug-likeness (QED) is 0.766. The van der Waals surface area contributed by atoms with E-state index in [2.05, 4.69) is 10.4 Å². The fourth-order valence-electron chi connectivity index (χ4n) is 1.53. The second-order valence-corrected chi connectivity index (χ2v) is 3.78. The van der Waals surface area contributed by atoms with Crippen LogP contribution in [0, 0.1) is 0 Å². The number of carbonyl (C=O) groups is 1. The number of hydrogen-bond acceptors (Lipinski definition) is 3. The maximum absolute atomic E-state index is 11.9. The molecule has 0 saturated heterocycles. The summed E-state index contributed by atoms with van der Waals surface area (Å²) >= 11 is 0. The number of aryl methyl sites for hydroxylation is 2. The van der Waals surface area contributed by atoms with Crippen molar-refractivity contribution in [3.8, 4) is 0 Å². The van der Waals surface area contributed by atoms with Gasteiger partial charge in [0.15, 0.2) is 0 Å². The number of aliphatic hydroxyl groups excluding tert-OH is 1. The molecular weight excluding hydrogens is 206 g/mol. The summed E-state index contributed by atoms with van der Waals surface area (Å²) in [5.74, 6) is -0.161. The van der Waals surface area contributed by atoms with Crippen molar-refractivity contribution in [3.63, 3.8) is 0 Å². The number of carbonyl (C=O) groups excluding carboxylic acids is 1. The van der Waals surface area contributed by atoms with Crippen LogP contribution in [0.4, 0.5) is 0 Å². The van der Waals surface area contributed by atoms with Gasteiger partial charge in [0, 0.05) is 13.2 Å². The van der Waals surface area contributed by atoms with Crippen LogP contribution in [0.3, 0.4) is 0 Å². The Morgan fingerprint density at radius 3 is 2.81 bits per heavy atom. The average Bonchev–Trinajstić information content (AvgIpc) is 2.67. The largest absolute Gasteiger partial charge is 0.394 e. The molecule has 1 aromatic rings. The van der Waals surface area contributed by atoms with Gasteiger partial charge in [-0.15, -0.1) is 0 Å². The molecule has 0 unspecified atom stereocenters. The van der Waals surface area contributed by atoms with Gasteiger partial charge < -0.3 is 10.4 Å². The highest BCUT2D eigenvalue weighted by Gasteiger charge is 2.16. The van der Waals surface area contributed by atoms with Gasteiger partial charge in [-0.25, -0.2) is 0 Å². The van der Waals surface area contributed by atoms with Crippen molar-refractivity contribution < 1.29 is 9.90 Å². The molecule has 0 saturated carbocycles.